The molecule has 5 nitrogen and oxygen atoms in total. The van der Waals surface area contributed by atoms with E-state index in [1.165, 1.54) is 13.8 Å². The zero-order valence-electron chi connectivity index (χ0n) is 12.8. The van der Waals surface area contributed by atoms with E-state index in [-0.39, 0.29) is 30.1 Å². The van der Waals surface area contributed by atoms with Crippen molar-refractivity contribution in [1.82, 2.24) is 0 Å². The molecular formula is C17H18O5. The number of carbonyl (C=O) groups excluding carboxylic acids is 3. The van der Waals surface area contributed by atoms with Crippen molar-refractivity contribution >= 4 is 23.5 Å². The van der Waals surface area contributed by atoms with Crippen LogP contribution in [0.15, 0.2) is 29.8 Å². The SMILES string of the molecule is CCOC(=O)C1=C(OC(C)=O)c2ccccc2C1CC(C)=O. The highest BCUT2D eigenvalue weighted by Crippen LogP contribution is 2.44. The monoisotopic (exact) mass is 302 g/mol. The fraction of sp³-hybridized carbons (Fsp3) is 0.353. The minimum Gasteiger partial charge on any atom is -0.463 e. The Bertz CT molecular complexity index is 657. The van der Waals surface area contributed by atoms with Gasteiger partial charge in [-0.2, -0.15) is 0 Å². The molecule has 1 aromatic carbocycles. The number of ketones is 1. The molecule has 0 aliphatic heterocycles. The van der Waals surface area contributed by atoms with Gasteiger partial charge in [-0.25, -0.2) is 4.79 Å². The van der Waals surface area contributed by atoms with E-state index in [2.05, 4.69) is 0 Å². The Morgan fingerprint density at radius 3 is 2.41 bits per heavy atom. The molecule has 0 saturated heterocycles. The standard InChI is InChI=1S/C17H18O5/c1-4-21-17(20)15-14(9-10(2)18)12-7-5-6-8-13(12)16(15)22-11(3)19/h5-8,14H,4,9H2,1-3H3. The van der Waals surface area contributed by atoms with Gasteiger partial charge in [0.1, 0.15) is 11.5 Å². The number of fused-ring (bicyclic) bond motifs is 1. The first-order chi connectivity index (χ1) is 10.5. The number of hydrogen-bond acceptors (Lipinski definition) is 5. The number of Topliss-reactive ketones (excluding diaryl/α,β-unsaturated/α-hetero) is 1. The zero-order chi connectivity index (χ0) is 16.3. The molecule has 2 rings (SSSR count). The lowest BCUT2D eigenvalue weighted by molar-refractivity contribution is -0.138. The topological polar surface area (TPSA) is 69.7 Å². The molecule has 0 saturated carbocycles. The van der Waals surface area contributed by atoms with Crippen LogP contribution >= 0.6 is 0 Å². The highest BCUT2D eigenvalue weighted by molar-refractivity contribution is 6.03. The second-order valence-electron chi connectivity index (χ2n) is 5.10. The van der Waals surface area contributed by atoms with E-state index >= 15 is 0 Å². The Balaban J connectivity index is 2.58. The third kappa shape index (κ3) is 3.08. The largest absolute Gasteiger partial charge is 0.463 e. The molecule has 22 heavy (non-hydrogen) atoms. The first-order valence-electron chi connectivity index (χ1n) is 7.14. The van der Waals surface area contributed by atoms with Crippen LogP contribution in [0.25, 0.3) is 5.76 Å². The second-order valence-corrected chi connectivity index (χ2v) is 5.10. The van der Waals surface area contributed by atoms with Gasteiger partial charge in [-0.1, -0.05) is 24.3 Å². The van der Waals surface area contributed by atoms with E-state index in [0.717, 1.165) is 5.56 Å². The van der Waals surface area contributed by atoms with E-state index in [9.17, 15) is 14.4 Å². The third-order valence-electron chi connectivity index (χ3n) is 3.41. The predicted molar refractivity (Wildman–Crippen MR) is 79.8 cm³/mol. The molecule has 0 bridgehead atoms. The van der Waals surface area contributed by atoms with Crippen molar-refractivity contribution < 1.29 is 23.9 Å². The maximum Gasteiger partial charge on any atom is 0.338 e. The van der Waals surface area contributed by atoms with E-state index in [4.69, 9.17) is 9.47 Å². The van der Waals surface area contributed by atoms with Crippen molar-refractivity contribution in [3.63, 3.8) is 0 Å². The Labute approximate surface area is 128 Å². The summed E-state index contributed by atoms with van der Waals surface area (Å²) in [5.41, 5.74) is 1.71. The smallest absolute Gasteiger partial charge is 0.338 e. The van der Waals surface area contributed by atoms with Gasteiger partial charge >= 0.3 is 11.9 Å². The number of carbonyl (C=O) groups is 3. The summed E-state index contributed by atoms with van der Waals surface area (Å²) < 4.78 is 10.3. The van der Waals surface area contributed by atoms with Gasteiger partial charge in [0, 0.05) is 24.8 Å². The summed E-state index contributed by atoms with van der Waals surface area (Å²) in [7, 11) is 0. The molecule has 0 spiro atoms. The minimum absolute atomic E-state index is 0.0503. The van der Waals surface area contributed by atoms with Crippen molar-refractivity contribution in [1.29, 1.82) is 0 Å². The van der Waals surface area contributed by atoms with Gasteiger partial charge in [-0.05, 0) is 19.4 Å². The lowest BCUT2D eigenvalue weighted by atomic mass is 9.91. The molecule has 0 heterocycles. The maximum atomic E-state index is 12.3. The van der Waals surface area contributed by atoms with Crippen LogP contribution in [0, 0.1) is 0 Å². The average Bonchev–Trinajstić information content (AvgIpc) is 2.72. The van der Waals surface area contributed by atoms with Gasteiger partial charge in [-0.3, -0.25) is 9.59 Å². The molecule has 0 radical (unpaired) electrons. The van der Waals surface area contributed by atoms with E-state index < -0.39 is 17.9 Å². The van der Waals surface area contributed by atoms with E-state index in [0.29, 0.717) is 5.56 Å². The third-order valence-corrected chi connectivity index (χ3v) is 3.41. The Morgan fingerprint density at radius 1 is 1.14 bits per heavy atom. The Morgan fingerprint density at radius 2 is 1.82 bits per heavy atom. The van der Waals surface area contributed by atoms with Crippen LogP contribution in [0.3, 0.4) is 0 Å². The van der Waals surface area contributed by atoms with Crippen molar-refractivity contribution in [3.8, 4) is 0 Å². The van der Waals surface area contributed by atoms with E-state index in [1.54, 1.807) is 19.1 Å². The normalized spacial score (nSPS) is 16.2. The van der Waals surface area contributed by atoms with Crippen LogP contribution in [0.1, 0.15) is 44.2 Å². The molecule has 5 heteroatoms. The molecule has 1 atom stereocenters. The van der Waals surface area contributed by atoms with Crippen LogP contribution in [0.2, 0.25) is 0 Å². The summed E-state index contributed by atoms with van der Waals surface area (Å²) in [6.07, 6.45) is 0.163. The van der Waals surface area contributed by atoms with Crippen LogP contribution < -0.4 is 0 Å². The maximum absolute atomic E-state index is 12.3. The Kier molecular flexibility index (Phi) is 4.75. The van der Waals surface area contributed by atoms with Gasteiger partial charge in [0.25, 0.3) is 0 Å². The first kappa shape index (κ1) is 15.9. The molecule has 116 valence electrons. The lowest BCUT2D eigenvalue weighted by Crippen LogP contribution is -2.16. The quantitative estimate of drug-likeness (QED) is 0.782. The Hall–Kier alpha value is -2.43. The molecule has 1 aliphatic carbocycles. The minimum atomic E-state index is -0.554. The summed E-state index contributed by atoms with van der Waals surface area (Å²) in [5, 5.41) is 0. The predicted octanol–water partition coefficient (Wildman–Crippen LogP) is 2.60. The van der Waals surface area contributed by atoms with Gasteiger partial charge in [-0.15, -0.1) is 0 Å². The van der Waals surface area contributed by atoms with Crippen molar-refractivity contribution in [2.45, 2.75) is 33.1 Å². The highest BCUT2D eigenvalue weighted by Gasteiger charge is 2.38. The van der Waals surface area contributed by atoms with Gasteiger partial charge in [0.05, 0.1) is 12.2 Å². The molecule has 0 fully saturated rings. The van der Waals surface area contributed by atoms with E-state index in [1.807, 2.05) is 12.1 Å². The molecular weight excluding hydrogens is 284 g/mol. The fourth-order valence-electron chi connectivity index (χ4n) is 2.66. The van der Waals surface area contributed by atoms with Crippen molar-refractivity contribution in [3.05, 3.63) is 41.0 Å². The summed E-state index contributed by atoms with van der Waals surface area (Å²) >= 11 is 0. The van der Waals surface area contributed by atoms with Gasteiger partial charge in [0.2, 0.25) is 0 Å². The summed E-state index contributed by atoms with van der Waals surface area (Å²) in [6, 6.07) is 7.22. The molecule has 1 unspecified atom stereocenters. The van der Waals surface area contributed by atoms with Gasteiger partial charge in [0.15, 0.2) is 0 Å². The fourth-order valence-corrected chi connectivity index (χ4v) is 2.66. The second kappa shape index (κ2) is 6.56. The summed E-state index contributed by atoms with van der Waals surface area (Å²) in [6.45, 7) is 4.65. The average molecular weight is 302 g/mol. The van der Waals surface area contributed by atoms with Gasteiger partial charge < -0.3 is 9.47 Å². The van der Waals surface area contributed by atoms with Crippen molar-refractivity contribution in [2.75, 3.05) is 6.61 Å². The zero-order valence-corrected chi connectivity index (χ0v) is 12.8. The first-order valence-corrected chi connectivity index (χ1v) is 7.14. The summed E-state index contributed by atoms with van der Waals surface area (Å²) in [5.74, 6) is -1.36. The molecule has 0 aromatic heterocycles. The number of esters is 2. The van der Waals surface area contributed by atoms with Crippen LogP contribution in [-0.2, 0) is 23.9 Å². The highest BCUT2D eigenvalue weighted by atomic mass is 16.5. The molecule has 1 aliphatic rings. The number of hydrogen-bond donors (Lipinski definition) is 0. The lowest BCUT2D eigenvalue weighted by Gasteiger charge is -2.14. The number of ether oxygens (including phenoxy) is 2. The number of benzene rings is 1. The van der Waals surface area contributed by atoms with Crippen LogP contribution in [-0.4, -0.2) is 24.3 Å². The van der Waals surface area contributed by atoms with Crippen LogP contribution in [0.5, 0.6) is 0 Å². The van der Waals surface area contributed by atoms with Crippen molar-refractivity contribution in [2.24, 2.45) is 0 Å². The summed E-state index contributed by atoms with van der Waals surface area (Å²) in [4.78, 5) is 35.3. The number of rotatable bonds is 5. The molecule has 1 aromatic rings. The molecule has 0 N–H and O–H groups in total. The van der Waals surface area contributed by atoms with Crippen LogP contribution in [0.4, 0.5) is 0 Å². The molecule has 0 amide bonds.